The SMILES string of the molecule is Cc1ccc2cc(C(C)(O)c3ccccc3C)ccc2n1. The van der Waals surface area contributed by atoms with Crippen LogP contribution in [-0.2, 0) is 5.60 Å². The Morgan fingerprint density at radius 2 is 1.71 bits per heavy atom. The number of pyridine rings is 1. The number of aliphatic hydroxyl groups is 1. The van der Waals surface area contributed by atoms with E-state index in [1.807, 2.05) is 69.3 Å². The monoisotopic (exact) mass is 277 g/mol. The van der Waals surface area contributed by atoms with Crippen LogP contribution in [0.5, 0.6) is 0 Å². The van der Waals surface area contributed by atoms with Crippen molar-refractivity contribution in [1.82, 2.24) is 4.98 Å². The molecule has 0 spiro atoms. The van der Waals surface area contributed by atoms with Crippen LogP contribution in [-0.4, -0.2) is 10.1 Å². The topological polar surface area (TPSA) is 33.1 Å². The minimum absolute atomic E-state index is 0.884. The third kappa shape index (κ3) is 2.43. The quantitative estimate of drug-likeness (QED) is 0.764. The van der Waals surface area contributed by atoms with E-state index in [9.17, 15) is 5.11 Å². The van der Waals surface area contributed by atoms with Crippen molar-refractivity contribution in [3.63, 3.8) is 0 Å². The van der Waals surface area contributed by atoms with E-state index in [4.69, 9.17) is 0 Å². The molecule has 2 heteroatoms. The standard InChI is InChI=1S/C19H19NO/c1-13-6-4-5-7-17(13)19(3,21)16-10-11-18-15(12-16)9-8-14(2)20-18/h4-12,21H,1-3H3. The minimum Gasteiger partial charge on any atom is -0.381 e. The van der Waals surface area contributed by atoms with Crippen molar-refractivity contribution in [2.24, 2.45) is 0 Å². The van der Waals surface area contributed by atoms with E-state index in [2.05, 4.69) is 11.1 Å². The maximum atomic E-state index is 11.0. The molecule has 0 aliphatic rings. The molecule has 1 atom stereocenters. The normalized spacial score (nSPS) is 14.1. The lowest BCUT2D eigenvalue weighted by Gasteiger charge is -2.26. The number of fused-ring (bicyclic) bond motifs is 1. The van der Waals surface area contributed by atoms with Gasteiger partial charge < -0.3 is 5.11 Å². The zero-order valence-corrected chi connectivity index (χ0v) is 12.6. The van der Waals surface area contributed by atoms with Crippen molar-refractivity contribution < 1.29 is 5.11 Å². The molecule has 0 aliphatic carbocycles. The molecule has 2 aromatic carbocycles. The average Bonchev–Trinajstić information content (AvgIpc) is 2.47. The highest BCUT2D eigenvalue weighted by Crippen LogP contribution is 2.32. The summed E-state index contributed by atoms with van der Waals surface area (Å²) in [6.07, 6.45) is 0. The second-order valence-electron chi connectivity index (χ2n) is 5.75. The first-order valence-electron chi connectivity index (χ1n) is 7.15. The summed E-state index contributed by atoms with van der Waals surface area (Å²) in [6, 6.07) is 18.0. The highest BCUT2D eigenvalue weighted by atomic mass is 16.3. The Labute approximate surface area is 125 Å². The molecule has 0 fully saturated rings. The van der Waals surface area contributed by atoms with Gasteiger partial charge in [0, 0.05) is 11.1 Å². The van der Waals surface area contributed by atoms with Crippen LogP contribution in [0.4, 0.5) is 0 Å². The van der Waals surface area contributed by atoms with Gasteiger partial charge in [-0.1, -0.05) is 36.4 Å². The second kappa shape index (κ2) is 4.97. The van der Waals surface area contributed by atoms with E-state index in [0.29, 0.717) is 0 Å². The molecule has 0 radical (unpaired) electrons. The van der Waals surface area contributed by atoms with Gasteiger partial charge >= 0.3 is 0 Å². The van der Waals surface area contributed by atoms with Gasteiger partial charge in [-0.25, -0.2) is 0 Å². The van der Waals surface area contributed by atoms with Gasteiger partial charge in [0.1, 0.15) is 5.60 Å². The van der Waals surface area contributed by atoms with Crippen LogP contribution in [0.2, 0.25) is 0 Å². The zero-order valence-electron chi connectivity index (χ0n) is 12.6. The molecular weight excluding hydrogens is 258 g/mol. The van der Waals surface area contributed by atoms with Crippen molar-refractivity contribution in [2.75, 3.05) is 0 Å². The van der Waals surface area contributed by atoms with Crippen molar-refractivity contribution in [3.8, 4) is 0 Å². The molecule has 0 aliphatic heterocycles. The first-order valence-corrected chi connectivity index (χ1v) is 7.15. The predicted molar refractivity (Wildman–Crippen MR) is 86.3 cm³/mol. The summed E-state index contributed by atoms with van der Waals surface area (Å²) in [6.45, 7) is 5.85. The van der Waals surface area contributed by atoms with Crippen LogP contribution < -0.4 is 0 Å². The lowest BCUT2D eigenvalue weighted by atomic mass is 9.85. The average molecular weight is 277 g/mol. The van der Waals surface area contributed by atoms with Crippen molar-refractivity contribution in [2.45, 2.75) is 26.4 Å². The van der Waals surface area contributed by atoms with Gasteiger partial charge in [-0.2, -0.15) is 0 Å². The number of benzene rings is 2. The molecule has 3 aromatic rings. The maximum absolute atomic E-state index is 11.0. The Balaban J connectivity index is 2.15. The van der Waals surface area contributed by atoms with Gasteiger partial charge in [-0.15, -0.1) is 0 Å². The lowest BCUT2D eigenvalue weighted by molar-refractivity contribution is 0.102. The van der Waals surface area contributed by atoms with Gasteiger partial charge in [0.2, 0.25) is 0 Å². The molecule has 0 amide bonds. The summed E-state index contributed by atoms with van der Waals surface area (Å²) in [7, 11) is 0. The summed E-state index contributed by atoms with van der Waals surface area (Å²) >= 11 is 0. The third-order valence-electron chi connectivity index (χ3n) is 4.06. The molecule has 0 bridgehead atoms. The van der Waals surface area contributed by atoms with Gasteiger partial charge in [0.15, 0.2) is 0 Å². The van der Waals surface area contributed by atoms with Gasteiger partial charge in [-0.3, -0.25) is 4.98 Å². The van der Waals surface area contributed by atoms with E-state index in [1.165, 1.54) is 0 Å². The Hall–Kier alpha value is -2.19. The molecule has 1 aromatic heterocycles. The molecule has 0 saturated carbocycles. The van der Waals surface area contributed by atoms with Crippen molar-refractivity contribution in [3.05, 3.63) is 77.0 Å². The van der Waals surface area contributed by atoms with E-state index < -0.39 is 5.60 Å². The first-order chi connectivity index (χ1) is 9.98. The van der Waals surface area contributed by atoms with Gasteiger partial charge in [0.25, 0.3) is 0 Å². The second-order valence-corrected chi connectivity index (χ2v) is 5.75. The van der Waals surface area contributed by atoms with Gasteiger partial charge in [0.05, 0.1) is 5.52 Å². The van der Waals surface area contributed by atoms with E-state index >= 15 is 0 Å². The largest absolute Gasteiger partial charge is 0.381 e. The molecule has 106 valence electrons. The Bertz CT molecular complexity index is 806. The molecule has 3 rings (SSSR count). The molecule has 1 heterocycles. The Morgan fingerprint density at radius 3 is 2.48 bits per heavy atom. The highest BCUT2D eigenvalue weighted by molar-refractivity contribution is 5.79. The molecule has 1 unspecified atom stereocenters. The minimum atomic E-state index is -1.01. The van der Waals surface area contributed by atoms with E-state index in [1.54, 1.807) is 0 Å². The van der Waals surface area contributed by atoms with Crippen LogP contribution in [0.15, 0.2) is 54.6 Å². The predicted octanol–water partition coefficient (Wildman–Crippen LogP) is 4.11. The first kappa shape index (κ1) is 13.8. The van der Waals surface area contributed by atoms with Crippen LogP contribution in [0.3, 0.4) is 0 Å². The number of hydrogen-bond acceptors (Lipinski definition) is 2. The van der Waals surface area contributed by atoms with Crippen LogP contribution in [0.1, 0.15) is 29.3 Å². The fraction of sp³-hybridized carbons (Fsp3) is 0.211. The number of aryl methyl sites for hydroxylation is 2. The summed E-state index contributed by atoms with van der Waals surface area (Å²) in [4.78, 5) is 4.51. The molecule has 1 N–H and O–H groups in total. The number of nitrogens with zero attached hydrogens (tertiary/aromatic N) is 1. The van der Waals surface area contributed by atoms with E-state index in [-0.39, 0.29) is 0 Å². The summed E-state index contributed by atoms with van der Waals surface area (Å²) < 4.78 is 0. The van der Waals surface area contributed by atoms with Crippen LogP contribution in [0.25, 0.3) is 10.9 Å². The smallest absolute Gasteiger partial charge is 0.112 e. The van der Waals surface area contributed by atoms with Crippen LogP contribution in [0, 0.1) is 13.8 Å². The molecule has 0 saturated heterocycles. The third-order valence-corrected chi connectivity index (χ3v) is 4.06. The fourth-order valence-corrected chi connectivity index (χ4v) is 2.80. The van der Waals surface area contributed by atoms with E-state index in [0.717, 1.165) is 33.3 Å². The lowest BCUT2D eigenvalue weighted by Crippen LogP contribution is -2.23. The van der Waals surface area contributed by atoms with Gasteiger partial charge in [-0.05, 0) is 55.7 Å². The zero-order chi connectivity index (χ0) is 15.0. The number of aromatic nitrogens is 1. The summed E-state index contributed by atoms with van der Waals surface area (Å²) in [5.41, 5.74) is 3.86. The summed E-state index contributed by atoms with van der Waals surface area (Å²) in [5, 5.41) is 12.1. The van der Waals surface area contributed by atoms with Crippen molar-refractivity contribution in [1.29, 1.82) is 0 Å². The Morgan fingerprint density at radius 1 is 0.952 bits per heavy atom. The van der Waals surface area contributed by atoms with Crippen molar-refractivity contribution >= 4 is 10.9 Å². The highest BCUT2D eigenvalue weighted by Gasteiger charge is 2.27. The number of rotatable bonds is 2. The maximum Gasteiger partial charge on any atom is 0.112 e. The van der Waals surface area contributed by atoms with Crippen LogP contribution >= 0.6 is 0 Å². The number of hydrogen-bond donors (Lipinski definition) is 1. The Kier molecular flexibility index (Phi) is 3.26. The molecule has 21 heavy (non-hydrogen) atoms. The molecule has 2 nitrogen and oxygen atoms in total. The fourth-order valence-electron chi connectivity index (χ4n) is 2.80. The molecular formula is C19H19NO. The summed E-state index contributed by atoms with van der Waals surface area (Å²) in [5.74, 6) is 0.